The van der Waals surface area contributed by atoms with Crippen LogP contribution in [0.3, 0.4) is 0 Å². The van der Waals surface area contributed by atoms with Gasteiger partial charge in [-0.25, -0.2) is 0 Å². The Morgan fingerprint density at radius 3 is 2.46 bits per heavy atom. The number of carbonyl (C=O) groups is 2. The van der Waals surface area contributed by atoms with Gasteiger partial charge in [-0.2, -0.15) is 0 Å². The van der Waals surface area contributed by atoms with Crippen molar-refractivity contribution in [2.24, 2.45) is 0 Å². The highest BCUT2D eigenvalue weighted by Gasteiger charge is 2.32. The smallest absolute Gasteiger partial charge is 0.255 e. The molecule has 2 amide bonds. The Labute approximate surface area is 270 Å². The molecule has 4 aliphatic heterocycles. The van der Waals surface area contributed by atoms with E-state index >= 15 is 0 Å². The van der Waals surface area contributed by atoms with Gasteiger partial charge in [0.1, 0.15) is 12.5 Å². The SMILES string of the molecule is COc1ccc2c(c1)C=C1Cn3c-2c(C2CCCCC2)c2ccc(cc23)C(=O)NC(OC)OCN(C)CCN2CCN(CC2)C1=O. The first-order valence-electron chi connectivity index (χ1n) is 16.6. The summed E-state index contributed by atoms with van der Waals surface area (Å²) in [6.45, 7) is 5.40. The molecule has 1 aromatic heterocycles. The summed E-state index contributed by atoms with van der Waals surface area (Å²) in [4.78, 5) is 34.4. The van der Waals surface area contributed by atoms with Crippen molar-refractivity contribution >= 4 is 28.8 Å². The molecule has 1 atom stereocenters. The van der Waals surface area contributed by atoms with E-state index in [9.17, 15) is 9.59 Å². The zero-order chi connectivity index (χ0) is 31.8. The summed E-state index contributed by atoms with van der Waals surface area (Å²) < 4.78 is 19.4. The van der Waals surface area contributed by atoms with Gasteiger partial charge in [0, 0.05) is 74.0 Å². The van der Waals surface area contributed by atoms with E-state index in [4.69, 9.17) is 14.2 Å². The fraction of sp³-hybridized carbons (Fsp3) is 0.500. The largest absolute Gasteiger partial charge is 0.497 e. The number of benzene rings is 2. The van der Waals surface area contributed by atoms with Crippen molar-refractivity contribution in [3.05, 3.63) is 58.7 Å². The van der Waals surface area contributed by atoms with Gasteiger partial charge in [-0.1, -0.05) is 25.3 Å². The number of likely N-dealkylation sites (N-methyl/N-ethyl adjacent to an activating group) is 1. The molecule has 0 radical (unpaired) electrons. The molecular formula is C36H45N5O5. The number of amides is 2. The fourth-order valence-corrected chi connectivity index (χ4v) is 7.62. The molecule has 2 aromatic carbocycles. The number of carbonyl (C=O) groups excluding carboxylic acids is 2. The third-order valence-corrected chi connectivity index (χ3v) is 10.2. The van der Waals surface area contributed by atoms with Crippen LogP contribution in [0.5, 0.6) is 5.75 Å². The van der Waals surface area contributed by atoms with Crippen LogP contribution in [0.2, 0.25) is 0 Å². The van der Waals surface area contributed by atoms with E-state index in [1.54, 1.807) is 7.11 Å². The highest BCUT2D eigenvalue weighted by molar-refractivity contribution is 6.04. The van der Waals surface area contributed by atoms with E-state index < -0.39 is 6.41 Å². The first-order chi connectivity index (χ1) is 22.4. The molecule has 10 nitrogen and oxygen atoms in total. The molecule has 3 aromatic rings. The molecule has 6 bridgehead atoms. The predicted octanol–water partition coefficient (Wildman–Crippen LogP) is 4.49. The van der Waals surface area contributed by atoms with Crippen molar-refractivity contribution in [3.8, 4) is 17.0 Å². The molecule has 5 aliphatic rings. The van der Waals surface area contributed by atoms with Crippen LogP contribution < -0.4 is 10.1 Å². The van der Waals surface area contributed by atoms with Gasteiger partial charge < -0.3 is 29.0 Å². The zero-order valence-corrected chi connectivity index (χ0v) is 27.2. The summed E-state index contributed by atoms with van der Waals surface area (Å²) in [5.41, 5.74) is 6.78. The molecule has 2 fully saturated rings. The third-order valence-electron chi connectivity index (χ3n) is 10.2. The number of hydrogen-bond acceptors (Lipinski definition) is 7. The normalized spacial score (nSPS) is 23.5. The van der Waals surface area contributed by atoms with Crippen LogP contribution in [-0.2, 0) is 20.8 Å². The molecule has 5 heterocycles. The van der Waals surface area contributed by atoms with Crippen molar-refractivity contribution in [1.82, 2.24) is 24.6 Å². The maximum atomic E-state index is 14.3. The van der Waals surface area contributed by atoms with E-state index in [-0.39, 0.29) is 11.8 Å². The van der Waals surface area contributed by atoms with E-state index in [2.05, 4.69) is 44.0 Å². The van der Waals surface area contributed by atoms with Gasteiger partial charge in [0.2, 0.25) is 6.41 Å². The third kappa shape index (κ3) is 5.95. The molecule has 46 heavy (non-hydrogen) atoms. The molecule has 1 N–H and O–H groups in total. The number of ether oxygens (including phenoxy) is 3. The van der Waals surface area contributed by atoms with Crippen LogP contribution in [0, 0.1) is 0 Å². The van der Waals surface area contributed by atoms with Crippen molar-refractivity contribution in [2.75, 3.05) is 67.3 Å². The lowest BCUT2D eigenvalue weighted by molar-refractivity contribution is -0.159. The van der Waals surface area contributed by atoms with Crippen LogP contribution in [-0.4, -0.2) is 105 Å². The lowest BCUT2D eigenvalue weighted by atomic mass is 9.81. The van der Waals surface area contributed by atoms with Crippen molar-refractivity contribution in [2.45, 2.75) is 51.0 Å². The molecule has 1 saturated heterocycles. The summed E-state index contributed by atoms with van der Waals surface area (Å²) in [5, 5.41) is 4.06. The van der Waals surface area contributed by atoms with Gasteiger partial charge in [0.15, 0.2) is 0 Å². The number of hydrogen-bond donors (Lipinski definition) is 1. The molecule has 0 spiro atoms. The molecule has 1 aliphatic carbocycles. The monoisotopic (exact) mass is 627 g/mol. The Kier molecular flexibility index (Phi) is 8.87. The summed E-state index contributed by atoms with van der Waals surface area (Å²) in [7, 11) is 5.20. The van der Waals surface area contributed by atoms with Gasteiger partial charge in [-0.05, 0) is 73.3 Å². The van der Waals surface area contributed by atoms with Crippen molar-refractivity contribution in [3.63, 3.8) is 0 Å². The minimum atomic E-state index is -0.882. The maximum absolute atomic E-state index is 14.3. The average molecular weight is 628 g/mol. The zero-order valence-electron chi connectivity index (χ0n) is 27.2. The van der Waals surface area contributed by atoms with Crippen LogP contribution in [0.4, 0.5) is 0 Å². The molecule has 1 saturated carbocycles. The highest BCUT2D eigenvalue weighted by atomic mass is 16.7. The Bertz CT molecular complexity index is 1650. The minimum absolute atomic E-state index is 0.0719. The standard InChI is InChI=1S/C36H45N5O5/c1-38-13-14-39-15-17-40(18-16-39)35(43)27-19-26-20-28(44-2)10-12-29(26)33-32(24-7-5-4-6-8-24)30-11-9-25(21-31(30)41(33)22-27)34(42)37-36(45-3)46-23-38/h9-12,19-21,24,36H,4-8,13-18,22-23H2,1-3H3,(H,37,42). The number of fused-ring (bicyclic) bond motifs is 11. The Morgan fingerprint density at radius 2 is 1.70 bits per heavy atom. The summed E-state index contributed by atoms with van der Waals surface area (Å²) >= 11 is 0. The second-order valence-electron chi connectivity index (χ2n) is 13.1. The number of rotatable bonds is 3. The molecule has 244 valence electrons. The Balaban J connectivity index is 1.41. The second kappa shape index (κ2) is 13.2. The molecule has 8 rings (SSSR count). The number of piperazine rings is 1. The van der Waals surface area contributed by atoms with Crippen LogP contribution in [0.25, 0.3) is 28.2 Å². The van der Waals surface area contributed by atoms with Crippen LogP contribution in [0.15, 0.2) is 42.0 Å². The topological polar surface area (TPSA) is 88.5 Å². The summed E-state index contributed by atoms with van der Waals surface area (Å²) in [6.07, 6.45) is 7.12. The molecule has 1 unspecified atom stereocenters. The van der Waals surface area contributed by atoms with Gasteiger partial charge in [0.05, 0.1) is 19.3 Å². The lowest BCUT2D eigenvalue weighted by Crippen LogP contribution is -2.50. The average Bonchev–Trinajstić information content (AvgIpc) is 3.31. The summed E-state index contributed by atoms with van der Waals surface area (Å²) in [6, 6.07) is 12.2. The van der Waals surface area contributed by atoms with Crippen LogP contribution in [0.1, 0.15) is 59.5 Å². The van der Waals surface area contributed by atoms with E-state index in [1.807, 2.05) is 30.1 Å². The highest BCUT2D eigenvalue weighted by Crippen LogP contribution is 2.47. The Hall–Kier alpha value is -3.70. The van der Waals surface area contributed by atoms with Crippen molar-refractivity contribution < 1.29 is 23.8 Å². The number of nitrogens with zero attached hydrogens (tertiary/aromatic N) is 4. The van der Waals surface area contributed by atoms with Gasteiger partial charge in [-0.15, -0.1) is 0 Å². The molecular weight excluding hydrogens is 582 g/mol. The summed E-state index contributed by atoms with van der Waals surface area (Å²) in [5.74, 6) is 0.966. The van der Waals surface area contributed by atoms with E-state index in [0.717, 1.165) is 78.1 Å². The lowest BCUT2D eigenvalue weighted by Gasteiger charge is -2.36. The van der Waals surface area contributed by atoms with E-state index in [0.29, 0.717) is 37.8 Å². The van der Waals surface area contributed by atoms with E-state index in [1.165, 1.54) is 31.9 Å². The minimum Gasteiger partial charge on any atom is -0.497 e. The fourth-order valence-electron chi connectivity index (χ4n) is 7.62. The molecule has 10 heteroatoms. The predicted molar refractivity (Wildman–Crippen MR) is 178 cm³/mol. The number of nitrogens with one attached hydrogen (secondary N) is 1. The second-order valence-corrected chi connectivity index (χ2v) is 13.1. The number of methoxy groups -OCH3 is 2. The van der Waals surface area contributed by atoms with Crippen molar-refractivity contribution in [1.29, 1.82) is 0 Å². The Morgan fingerprint density at radius 1 is 0.913 bits per heavy atom. The number of aromatic nitrogens is 1. The van der Waals surface area contributed by atoms with Gasteiger partial charge in [0.25, 0.3) is 11.8 Å². The van der Waals surface area contributed by atoms with Gasteiger partial charge >= 0.3 is 0 Å². The quantitative estimate of drug-likeness (QED) is 0.458. The van der Waals surface area contributed by atoms with Gasteiger partial charge in [-0.3, -0.25) is 19.4 Å². The van der Waals surface area contributed by atoms with Crippen LogP contribution >= 0.6 is 0 Å². The maximum Gasteiger partial charge on any atom is 0.255 e. The first-order valence-corrected chi connectivity index (χ1v) is 16.6. The first kappa shape index (κ1) is 30.9.